The van der Waals surface area contributed by atoms with Crippen molar-refractivity contribution in [3.8, 4) is 0 Å². The summed E-state index contributed by atoms with van der Waals surface area (Å²) in [4.78, 5) is 28.3. The van der Waals surface area contributed by atoms with Crippen LogP contribution in [-0.2, 0) is 4.74 Å². The van der Waals surface area contributed by atoms with Crippen molar-refractivity contribution in [3.05, 3.63) is 46.7 Å². The number of hydrogen-bond donors (Lipinski definition) is 0. The highest BCUT2D eigenvalue weighted by Gasteiger charge is 2.25. The Morgan fingerprint density at radius 3 is 2.21 bits per heavy atom. The fourth-order valence-electron chi connectivity index (χ4n) is 3.60. The average molecular weight is 402 g/mol. The third-order valence-corrected chi connectivity index (χ3v) is 5.47. The van der Waals surface area contributed by atoms with Crippen molar-refractivity contribution in [3.63, 3.8) is 0 Å². The molecule has 0 radical (unpaired) electrons. The zero-order valence-electron chi connectivity index (χ0n) is 16.0. The number of rotatable bonds is 3. The van der Waals surface area contributed by atoms with E-state index >= 15 is 0 Å². The lowest BCUT2D eigenvalue weighted by Gasteiger charge is -2.36. The van der Waals surface area contributed by atoms with Crippen molar-refractivity contribution in [2.75, 3.05) is 62.3 Å². The molecule has 2 aliphatic heterocycles. The molecule has 2 aliphatic rings. The summed E-state index contributed by atoms with van der Waals surface area (Å²) in [5.41, 5.74) is 0.560. The van der Waals surface area contributed by atoms with Gasteiger partial charge in [0.05, 0.1) is 23.8 Å². The number of ether oxygens (including phenoxy) is 1. The molecule has 0 aliphatic carbocycles. The van der Waals surface area contributed by atoms with Gasteiger partial charge in [-0.25, -0.2) is 9.97 Å². The molecule has 1 aromatic carbocycles. The highest BCUT2D eigenvalue weighted by Crippen LogP contribution is 2.23. The Bertz CT molecular complexity index is 848. The van der Waals surface area contributed by atoms with Crippen molar-refractivity contribution >= 4 is 29.1 Å². The maximum Gasteiger partial charge on any atom is 0.255 e. The van der Waals surface area contributed by atoms with Gasteiger partial charge in [0.25, 0.3) is 5.91 Å². The van der Waals surface area contributed by atoms with E-state index in [4.69, 9.17) is 16.3 Å². The van der Waals surface area contributed by atoms with Crippen LogP contribution in [0.15, 0.2) is 30.3 Å². The summed E-state index contributed by atoms with van der Waals surface area (Å²) in [5.74, 6) is 2.60. The number of amides is 1. The van der Waals surface area contributed by atoms with Crippen molar-refractivity contribution in [2.24, 2.45) is 0 Å². The number of aromatic nitrogens is 2. The quantitative estimate of drug-likeness (QED) is 0.786. The van der Waals surface area contributed by atoms with Gasteiger partial charge in [-0.05, 0) is 19.1 Å². The minimum absolute atomic E-state index is 0.0156. The number of benzene rings is 1. The topological polar surface area (TPSA) is 61.8 Å². The SMILES string of the molecule is Cc1nc(N2CCOCC2)cc(N2CCN(C(=O)c3ccccc3Cl)CC2)n1. The first-order chi connectivity index (χ1) is 13.6. The van der Waals surface area contributed by atoms with Crippen molar-refractivity contribution in [1.82, 2.24) is 14.9 Å². The summed E-state index contributed by atoms with van der Waals surface area (Å²) in [7, 11) is 0. The molecule has 0 saturated carbocycles. The van der Waals surface area contributed by atoms with E-state index in [9.17, 15) is 4.79 Å². The number of halogens is 1. The van der Waals surface area contributed by atoms with E-state index < -0.39 is 0 Å². The molecule has 0 N–H and O–H groups in total. The molecule has 4 rings (SSSR count). The summed E-state index contributed by atoms with van der Waals surface area (Å²) in [6.07, 6.45) is 0. The normalized spacial score (nSPS) is 17.7. The van der Waals surface area contributed by atoms with E-state index in [0.29, 0.717) is 23.7 Å². The van der Waals surface area contributed by atoms with Crippen LogP contribution in [0.2, 0.25) is 5.02 Å². The summed E-state index contributed by atoms with van der Waals surface area (Å²) in [5, 5.41) is 0.497. The molecule has 0 atom stereocenters. The molecule has 1 aromatic heterocycles. The van der Waals surface area contributed by atoms with Gasteiger partial charge < -0.3 is 19.4 Å². The number of anilines is 2. The monoisotopic (exact) mass is 401 g/mol. The summed E-state index contributed by atoms with van der Waals surface area (Å²) in [6, 6.07) is 9.25. The lowest BCUT2D eigenvalue weighted by atomic mass is 10.2. The van der Waals surface area contributed by atoms with E-state index in [1.807, 2.05) is 30.0 Å². The maximum atomic E-state index is 12.8. The summed E-state index contributed by atoms with van der Waals surface area (Å²) in [6.45, 7) is 7.80. The molecule has 1 amide bonds. The van der Waals surface area contributed by atoms with Gasteiger partial charge in [-0.2, -0.15) is 0 Å². The maximum absolute atomic E-state index is 12.8. The standard InChI is InChI=1S/C20H24ClN5O2/c1-15-22-18(14-19(23-15)25-10-12-28-13-11-25)24-6-8-26(9-7-24)20(27)16-4-2-3-5-17(16)21/h2-5,14H,6-13H2,1H3. The molecular weight excluding hydrogens is 378 g/mol. The van der Waals surface area contributed by atoms with Gasteiger partial charge in [-0.1, -0.05) is 23.7 Å². The minimum Gasteiger partial charge on any atom is -0.378 e. The second kappa shape index (κ2) is 8.32. The number of morpholine rings is 1. The van der Waals surface area contributed by atoms with Gasteiger partial charge in [0.1, 0.15) is 17.5 Å². The number of carbonyl (C=O) groups excluding carboxylic acids is 1. The third kappa shape index (κ3) is 4.05. The fourth-order valence-corrected chi connectivity index (χ4v) is 3.81. The molecule has 0 unspecified atom stereocenters. The lowest BCUT2D eigenvalue weighted by Crippen LogP contribution is -2.49. The van der Waals surface area contributed by atoms with Crippen molar-refractivity contribution in [1.29, 1.82) is 0 Å². The van der Waals surface area contributed by atoms with Gasteiger partial charge in [0.2, 0.25) is 0 Å². The third-order valence-electron chi connectivity index (χ3n) is 5.14. The van der Waals surface area contributed by atoms with Crippen LogP contribution in [0.3, 0.4) is 0 Å². The van der Waals surface area contributed by atoms with E-state index in [1.165, 1.54) is 0 Å². The molecule has 2 saturated heterocycles. The van der Waals surface area contributed by atoms with Crippen LogP contribution < -0.4 is 9.80 Å². The molecule has 0 spiro atoms. The fraction of sp³-hybridized carbons (Fsp3) is 0.450. The molecule has 2 fully saturated rings. The highest BCUT2D eigenvalue weighted by atomic mass is 35.5. The predicted molar refractivity (Wildman–Crippen MR) is 109 cm³/mol. The summed E-state index contributed by atoms with van der Waals surface area (Å²) >= 11 is 6.18. The van der Waals surface area contributed by atoms with E-state index in [0.717, 1.165) is 56.9 Å². The molecule has 8 heteroatoms. The first-order valence-electron chi connectivity index (χ1n) is 9.59. The highest BCUT2D eigenvalue weighted by molar-refractivity contribution is 6.33. The largest absolute Gasteiger partial charge is 0.378 e. The first-order valence-corrected chi connectivity index (χ1v) is 9.97. The molecule has 0 bridgehead atoms. The molecular formula is C20H24ClN5O2. The number of aryl methyl sites for hydroxylation is 1. The van der Waals surface area contributed by atoms with Crippen LogP contribution in [-0.4, -0.2) is 73.3 Å². The Kier molecular flexibility index (Phi) is 5.64. The second-order valence-electron chi connectivity index (χ2n) is 6.99. The Labute approximate surface area is 169 Å². The zero-order chi connectivity index (χ0) is 19.5. The lowest BCUT2D eigenvalue weighted by molar-refractivity contribution is 0.0746. The Balaban J connectivity index is 1.44. The Hall–Kier alpha value is -2.38. The van der Waals surface area contributed by atoms with Crippen molar-refractivity contribution in [2.45, 2.75) is 6.92 Å². The van der Waals surface area contributed by atoms with Gasteiger partial charge >= 0.3 is 0 Å². The van der Waals surface area contributed by atoms with Gasteiger partial charge in [-0.3, -0.25) is 4.79 Å². The molecule has 28 heavy (non-hydrogen) atoms. The van der Waals surface area contributed by atoms with E-state index in [2.05, 4.69) is 19.8 Å². The molecule has 148 valence electrons. The van der Waals surface area contributed by atoms with Crippen LogP contribution in [0.4, 0.5) is 11.6 Å². The average Bonchev–Trinajstić information content (AvgIpc) is 2.74. The second-order valence-corrected chi connectivity index (χ2v) is 7.40. The van der Waals surface area contributed by atoms with Crippen LogP contribution >= 0.6 is 11.6 Å². The Morgan fingerprint density at radius 1 is 0.964 bits per heavy atom. The number of piperazine rings is 1. The van der Waals surface area contributed by atoms with Crippen LogP contribution in [0, 0.1) is 6.92 Å². The minimum atomic E-state index is -0.0156. The first kappa shape index (κ1) is 19.0. The molecule has 3 heterocycles. The van der Waals surface area contributed by atoms with Gasteiger partial charge in [0, 0.05) is 45.3 Å². The Morgan fingerprint density at radius 2 is 1.57 bits per heavy atom. The predicted octanol–water partition coefficient (Wildman–Crippen LogP) is 2.24. The van der Waals surface area contributed by atoms with Gasteiger partial charge in [0.15, 0.2) is 0 Å². The number of nitrogens with zero attached hydrogens (tertiary/aromatic N) is 5. The van der Waals surface area contributed by atoms with Gasteiger partial charge in [-0.15, -0.1) is 0 Å². The zero-order valence-corrected chi connectivity index (χ0v) is 16.7. The van der Waals surface area contributed by atoms with Crippen LogP contribution in [0.5, 0.6) is 0 Å². The molecule has 7 nitrogen and oxygen atoms in total. The summed E-state index contributed by atoms with van der Waals surface area (Å²) < 4.78 is 5.43. The number of hydrogen-bond acceptors (Lipinski definition) is 6. The molecule has 2 aromatic rings. The van der Waals surface area contributed by atoms with Crippen LogP contribution in [0.1, 0.15) is 16.2 Å². The van der Waals surface area contributed by atoms with E-state index in [-0.39, 0.29) is 5.91 Å². The number of carbonyl (C=O) groups is 1. The van der Waals surface area contributed by atoms with Crippen molar-refractivity contribution < 1.29 is 9.53 Å². The van der Waals surface area contributed by atoms with E-state index in [1.54, 1.807) is 12.1 Å². The van der Waals surface area contributed by atoms with Crippen LogP contribution in [0.25, 0.3) is 0 Å². The smallest absolute Gasteiger partial charge is 0.255 e.